The molecular formula is C11H8ClN5O3S. The lowest BCUT2D eigenvalue weighted by Gasteiger charge is -2.06. The summed E-state index contributed by atoms with van der Waals surface area (Å²) in [6.07, 6.45) is 1.01. The average Bonchev–Trinajstić information content (AvgIpc) is 2.83. The van der Waals surface area contributed by atoms with Crippen molar-refractivity contribution >= 4 is 38.7 Å². The molecule has 10 heteroatoms. The second kappa shape index (κ2) is 4.57. The normalized spacial score (nSPS) is 11.9. The van der Waals surface area contributed by atoms with Gasteiger partial charge in [-0.05, 0) is 24.3 Å². The zero-order valence-electron chi connectivity index (χ0n) is 10.3. The van der Waals surface area contributed by atoms with E-state index in [4.69, 9.17) is 17.3 Å². The minimum Gasteiger partial charge on any atom is -0.369 e. The minimum absolute atomic E-state index is 0.00754. The number of anilines is 1. The van der Waals surface area contributed by atoms with E-state index in [-0.39, 0.29) is 22.0 Å². The average molecular weight is 326 g/mol. The van der Waals surface area contributed by atoms with E-state index >= 15 is 0 Å². The number of imidazole rings is 1. The molecule has 3 N–H and O–H groups in total. The summed E-state index contributed by atoms with van der Waals surface area (Å²) in [7, 11) is -3.95. The van der Waals surface area contributed by atoms with Crippen LogP contribution in [0.15, 0.2) is 40.3 Å². The van der Waals surface area contributed by atoms with Crippen molar-refractivity contribution in [2.24, 2.45) is 0 Å². The molecule has 2 aromatic heterocycles. The maximum atomic E-state index is 12.5. The molecule has 3 aromatic rings. The number of hydrogen-bond donors (Lipinski definition) is 2. The molecule has 21 heavy (non-hydrogen) atoms. The van der Waals surface area contributed by atoms with Crippen molar-refractivity contribution in [3.05, 3.63) is 46.0 Å². The van der Waals surface area contributed by atoms with Crippen LogP contribution in [0.1, 0.15) is 0 Å². The van der Waals surface area contributed by atoms with Crippen LogP contribution in [-0.2, 0) is 10.0 Å². The van der Waals surface area contributed by atoms with Gasteiger partial charge in [0.2, 0.25) is 5.95 Å². The van der Waals surface area contributed by atoms with Crippen LogP contribution in [0.4, 0.5) is 5.95 Å². The van der Waals surface area contributed by atoms with Crippen LogP contribution in [0.2, 0.25) is 5.02 Å². The summed E-state index contributed by atoms with van der Waals surface area (Å²) in [5.74, 6) is -0.194. The predicted octanol–water partition coefficient (Wildman–Crippen LogP) is 0.592. The van der Waals surface area contributed by atoms with Crippen LogP contribution in [0.5, 0.6) is 0 Å². The highest BCUT2D eigenvalue weighted by Crippen LogP contribution is 2.19. The third-order valence-corrected chi connectivity index (χ3v) is 4.67. The number of aromatic amines is 1. The van der Waals surface area contributed by atoms with Gasteiger partial charge in [-0.3, -0.25) is 9.78 Å². The molecule has 0 aliphatic rings. The van der Waals surface area contributed by atoms with Gasteiger partial charge in [-0.1, -0.05) is 11.6 Å². The number of fused-ring (bicyclic) bond motifs is 1. The fourth-order valence-electron chi connectivity index (χ4n) is 1.80. The summed E-state index contributed by atoms with van der Waals surface area (Å²) < 4.78 is 25.9. The Morgan fingerprint density at radius 1 is 1.24 bits per heavy atom. The molecule has 2 heterocycles. The first-order valence-corrected chi connectivity index (χ1v) is 7.45. The largest absolute Gasteiger partial charge is 0.369 e. The van der Waals surface area contributed by atoms with E-state index in [1.165, 1.54) is 24.3 Å². The number of H-pyrrole nitrogens is 1. The van der Waals surface area contributed by atoms with Gasteiger partial charge < -0.3 is 5.73 Å². The molecule has 0 spiro atoms. The smallest absolute Gasteiger partial charge is 0.280 e. The van der Waals surface area contributed by atoms with Crippen LogP contribution in [-0.4, -0.2) is 27.3 Å². The Bertz CT molecular complexity index is 991. The molecule has 0 saturated heterocycles. The third-order valence-electron chi connectivity index (χ3n) is 2.77. The molecule has 0 saturated carbocycles. The molecule has 0 radical (unpaired) electrons. The Morgan fingerprint density at radius 2 is 1.90 bits per heavy atom. The fraction of sp³-hybridized carbons (Fsp3) is 0. The van der Waals surface area contributed by atoms with E-state index < -0.39 is 15.6 Å². The molecule has 8 nitrogen and oxygen atoms in total. The molecule has 0 atom stereocenters. The van der Waals surface area contributed by atoms with E-state index in [2.05, 4.69) is 15.0 Å². The number of nitrogens with two attached hydrogens (primary N) is 1. The Balaban J connectivity index is 2.29. The highest BCUT2D eigenvalue weighted by atomic mass is 35.5. The SMILES string of the molecule is Nc1nc2c(ncn2S(=O)(=O)c2ccc(Cl)cc2)c(=O)[nH]1. The summed E-state index contributed by atoms with van der Waals surface area (Å²) in [5, 5.41) is 0.406. The number of benzene rings is 1. The molecular weight excluding hydrogens is 318 g/mol. The molecule has 0 aliphatic heterocycles. The van der Waals surface area contributed by atoms with E-state index in [0.717, 1.165) is 10.3 Å². The molecule has 0 aliphatic carbocycles. The van der Waals surface area contributed by atoms with Crippen LogP contribution in [0.3, 0.4) is 0 Å². The van der Waals surface area contributed by atoms with Gasteiger partial charge in [0, 0.05) is 5.02 Å². The summed E-state index contributed by atoms with van der Waals surface area (Å²) in [6.45, 7) is 0. The molecule has 1 aromatic carbocycles. The van der Waals surface area contributed by atoms with Crippen LogP contribution in [0, 0.1) is 0 Å². The van der Waals surface area contributed by atoms with Crippen LogP contribution >= 0.6 is 11.6 Å². The number of aromatic nitrogens is 4. The zero-order chi connectivity index (χ0) is 15.2. The highest BCUT2D eigenvalue weighted by Gasteiger charge is 2.21. The molecule has 0 amide bonds. The van der Waals surface area contributed by atoms with E-state index in [1.807, 2.05) is 0 Å². The van der Waals surface area contributed by atoms with Gasteiger partial charge in [-0.15, -0.1) is 0 Å². The highest BCUT2D eigenvalue weighted by molar-refractivity contribution is 7.90. The van der Waals surface area contributed by atoms with Crippen molar-refractivity contribution in [3.63, 3.8) is 0 Å². The number of rotatable bonds is 2. The van der Waals surface area contributed by atoms with E-state index in [1.54, 1.807) is 0 Å². The van der Waals surface area contributed by atoms with Crippen molar-refractivity contribution < 1.29 is 8.42 Å². The number of nitrogens with zero attached hydrogens (tertiary/aromatic N) is 3. The predicted molar refractivity (Wildman–Crippen MR) is 76.6 cm³/mol. The van der Waals surface area contributed by atoms with Crippen molar-refractivity contribution in [2.75, 3.05) is 5.73 Å². The second-order valence-electron chi connectivity index (χ2n) is 4.12. The van der Waals surface area contributed by atoms with Crippen LogP contribution in [0.25, 0.3) is 11.2 Å². The lowest BCUT2D eigenvalue weighted by Crippen LogP contribution is -2.16. The quantitative estimate of drug-likeness (QED) is 0.710. The fourth-order valence-corrected chi connectivity index (χ4v) is 3.16. The second-order valence-corrected chi connectivity index (χ2v) is 6.37. The third kappa shape index (κ3) is 2.16. The van der Waals surface area contributed by atoms with Crippen molar-refractivity contribution in [2.45, 2.75) is 4.90 Å². The maximum absolute atomic E-state index is 12.5. The summed E-state index contributed by atoms with van der Waals surface area (Å²) >= 11 is 5.73. The Hall–Kier alpha value is -2.39. The topological polar surface area (TPSA) is 124 Å². The van der Waals surface area contributed by atoms with Gasteiger partial charge >= 0.3 is 0 Å². The van der Waals surface area contributed by atoms with Crippen molar-refractivity contribution in [1.29, 1.82) is 0 Å². The lowest BCUT2D eigenvalue weighted by atomic mass is 10.4. The number of halogens is 1. The summed E-state index contributed by atoms with van der Waals surface area (Å²) in [6, 6.07) is 5.59. The van der Waals surface area contributed by atoms with Crippen LogP contribution < -0.4 is 11.3 Å². The van der Waals surface area contributed by atoms with E-state index in [9.17, 15) is 13.2 Å². The molecule has 108 valence electrons. The first-order valence-electron chi connectivity index (χ1n) is 5.63. The maximum Gasteiger partial charge on any atom is 0.280 e. The Labute approximate surface area is 123 Å². The molecule has 0 unspecified atom stereocenters. The van der Waals surface area contributed by atoms with Gasteiger partial charge in [-0.2, -0.15) is 4.98 Å². The Kier molecular flexibility index (Phi) is 2.96. The lowest BCUT2D eigenvalue weighted by molar-refractivity contribution is 0.588. The monoisotopic (exact) mass is 325 g/mol. The number of nitrogens with one attached hydrogen (secondary N) is 1. The van der Waals surface area contributed by atoms with Gasteiger partial charge in [0.1, 0.15) is 6.33 Å². The zero-order valence-corrected chi connectivity index (χ0v) is 11.9. The molecule has 0 fully saturated rings. The minimum atomic E-state index is -3.95. The van der Waals surface area contributed by atoms with Gasteiger partial charge in [-0.25, -0.2) is 17.4 Å². The number of hydrogen-bond acceptors (Lipinski definition) is 6. The van der Waals surface area contributed by atoms with Gasteiger partial charge in [0.05, 0.1) is 4.90 Å². The Morgan fingerprint density at radius 3 is 2.57 bits per heavy atom. The molecule has 0 bridgehead atoms. The van der Waals surface area contributed by atoms with Gasteiger partial charge in [0.15, 0.2) is 11.2 Å². The van der Waals surface area contributed by atoms with Crippen molar-refractivity contribution in [1.82, 2.24) is 18.9 Å². The first kappa shape index (κ1) is 13.6. The molecule has 3 rings (SSSR count). The number of nitrogen functional groups attached to an aromatic ring is 1. The summed E-state index contributed by atoms with van der Waals surface area (Å²) in [5.41, 5.74) is 4.58. The first-order chi connectivity index (χ1) is 9.89. The standard InChI is InChI=1S/C11H8ClN5O3S/c12-6-1-3-7(4-2-6)21(19,20)17-5-14-8-9(17)15-11(13)16-10(8)18/h1-5H,(H3,13,15,16,18). The van der Waals surface area contributed by atoms with Gasteiger partial charge in [0.25, 0.3) is 15.6 Å². The summed E-state index contributed by atoms with van der Waals surface area (Å²) in [4.78, 5) is 21.5. The van der Waals surface area contributed by atoms with E-state index in [0.29, 0.717) is 5.02 Å². The van der Waals surface area contributed by atoms with Crippen molar-refractivity contribution in [3.8, 4) is 0 Å².